The van der Waals surface area contributed by atoms with Gasteiger partial charge in [-0.2, -0.15) is 0 Å². The van der Waals surface area contributed by atoms with Gasteiger partial charge in [-0.3, -0.25) is 0 Å². The monoisotopic (exact) mass is 214 g/mol. The maximum Gasteiger partial charge on any atom is 0.129 e. The van der Waals surface area contributed by atoms with Crippen molar-refractivity contribution < 1.29 is 18.6 Å². The van der Waals surface area contributed by atoms with E-state index in [2.05, 4.69) is 0 Å². The maximum absolute atomic E-state index is 13.3. The molecule has 0 radical (unpaired) electrons. The van der Waals surface area contributed by atoms with Crippen molar-refractivity contribution in [3.05, 3.63) is 35.4 Å². The number of aliphatic hydroxyl groups is 1. The number of halogens is 2. The summed E-state index contributed by atoms with van der Waals surface area (Å²) >= 11 is 0. The highest BCUT2D eigenvalue weighted by Gasteiger charge is 2.34. The van der Waals surface area contributed by atoms with Crippen molar-refractivity contribution in [2.24, 2.45) is 0 Å². The first-order valence-corrected chi connectivity index (χ1v) is 4.84. The van der Waals surface area contributed by atoms with Crippen LogP contribution in [0.1, 0.15) is 12.0 Å². The highest BCUT2D eigenvalue weighted by Crippen LogP contribution is 2.25. The van der Waals surface area contributed by atoms with E-state index >= 15 is 0 Å². The molecule has 1 saturated heterocycles. The molecule has 4 heteroatoms. The van der Waals surface area contributed by atoms with Crippen molar-refractivity contribution in [1.29, 1.82) is 0 Å². The van der Waals surface area contributed by atoms with Crippen molar-refractivity contribution in [2.45, 2.75) is 18.4 Å². The van der Waals surface area contributed by atoms with Crippen LogP contribution >= 0.6 is 0 Å². The SMILES string of the molecule is OC1(Cc2c(F)cccc2F)CCOC1. The van der Waals surface area contributed by atoms with E-state index in [1.54, 1.807) is 0 Å². The lowest BCUT2D eigenvalue weighted by Gasteiger charge is -2.20. The molecule has 15 heavy (non-hydrogen) atoms. The summed E-state index contributed by atoms with van der Waals surface area (Å²) in [6.45, 7) is 0.577. The lowest BCUT2D eigenvalue weighted by Crippen LogP contribution is -2.32. The van der Waals surface area contributed by atoms with Crippen molar-refractivity contribution in [3.63, 3.8) is 0 Å². The van der Waals surface area contributed by atoms with Gasteiger partial charge < -0.3 is 9.84 Å². The van der Waals surface area contributed by atoms with Crippen LogP contribution in [0, 0.1) is 11.6 Å². The van der Waals surface area contributed by atoms with Crippen LogP contribution in [0.25, 0.3) is 0 Å². The van der Waals surface area contributed by atoms with E-state index in [-0.39, 0.29) is 18.6 Å². The molecule has 1 fully saturated rings. The molecule has 0 aliphatic carbocycles. The molecule has 0 bridgehead atoms. The number of hydrogen-bond donors (Lipinski definition) is 1. The first-order valence-electron chi connectivity index (χ1n) is 4.84. The van der Waals surface area contributed by atoms with Gasteiger partial charge in [0.25, 0.3) is 0 Å². The average Bonchev–Trinajstić information content (AvgIpc) is 2.60. The summed E-state index contributed by atoms with van der Waals surface area (Å²) in [7, 11) is 0. The number of benzene rings is 1. The third-order valence-corrected chi connectivity index (χ3v) is 2.65. The number of ether oxygens (including phenoxy) is 1. The molecule has 1 aliphatic rings. The summed E-state index contributed by atoms with van der Waals surface area (Å²) in [5.74, 6) is -1.23. The minimum absolute atomic E-state index is 0.0362. The van der Waals surface area contributed by atoms with Crippen LogP contribution in [0.2, 0.25) is 0 Å². The Labute approximate surface area is 86.5 Å². The Morgan fingerprint density at radius 1 is 1.33 bits per heavy atom. The van der Waals surface area contributed by atoms with Gasteiger partial charge in [0.2, 0.25) is 0 Å². The molecule has 1 N–H and O–H groups in total. The first-order chi connectivity index (χ1) is 7.11. The third kappa shape index (κ3) is 2.16. The molecule has 0 saturated carbocycles. The standard InChI is InChI=1S/C11H12F2O2/c12-9-2-1-3-10(13)8(9)6-11(14)4-5-15-7-11/h1-3,14H,4-7H2. The second-order valence-corrected chi connectivity index (χ2v) is 3.90. The van der Waals surface area contributed by atoms with Crippen LogP contribution in [0.3, 0.4) is 0 Å². The van der Waals surface area contributed by atoms with E-state index < -0.39 is 17.2 Å². The molecule has 0 spiro atoms. The second kappa shape index (κ2) is 3.87. The van der Waals surface area contributed by atoms with E-state index in [9.17, 15) is 13.9 Å². The molecule has 0 amide bonds. The summed E-state index contributed by atoms with van der Waals surface area (Å²) in [5.41, 5.74) is -1.19. The van der Waals surface area contributed by atoms with Crippen LogP contribution in [-0.2, 0) is 11.2 Å². The average molecular weight is 214 g/mol. The molecule has 1 unspecified atom stereocenters. The van der Waals surface area contributed by atoms with E-state index in [1.807, 2.05) is 0 Å². The van der Waals surface area contributed by atoms with Gasteiger partial charge in [-0.25, -0.2) is 8.78 Å². The van der Waals surface area contributed by atoms with Crippen molar-refractivity contribution in [1.82, 2.24) is 0 Å². The van der Waals surface area contributed by atoms with Crippen molar-refractivity contribution in [3.8, 4) is 0 Å². The molecule has 0 aromatic heterocycles. The smallest absolute Gasteiger partial charge is 0.129 e. The minimum Gasteiger partial charge on any atom is -0.387 e. The van der Waals surface area contributed by atoms with Crippen LogP contribution in [0.5, 0.6) is 0 Å². The fourth-order valence-electron chi connectivity index (χ4n) is 1.77. The zero-order chi connectivity index (χ0) is 10.9. The Morgan fingerprint density at radius 2 is 2.00 bits per heavy atom. The largest absolute Gasteiger partial charge is 0.387 e. The zero-order valence-corrected chi connectivity index (χ0v) is 8.17. The van der Waals surface area contributed by atoms with Gasteiger partial charge in [0.1, 0.15) is 11.6 Å². The molecule has 1 atom stereocenters. The lowest BCUT2D eigenvalue weighted by molar-refractivity contribution is 0.0256. The molecule has 1 aliphatic heterocycles. The minimum atomic E-state index is -1.12. The topological polar surface area (TPSA) is 29.5 Å². The highest BCUT2D eigenvalue weighted by molar-refractivity contribution is 5.22. The molecule has 1 aromatic rings. The van der Waals surface area contributed by atoms with Gasteiger partial charge in [-0.05, 0) is 12.1 Å². The fourth-order valence-corrected chi connectivity index (χ4v) is 1.77. The first kappa shape index (κ1) is 10.5. The molecule has 82 valence electrons. The predicted molar refractivity (Wildman–Crippen MR) is 50.4 cm³/mol. The van der Waals surface area contributed by atoms with E-state index in [1.165, 1.54) is 18.2 Å². The normalized spacial score (nSPS) is 25.8. The Hall–Kier alpha value is -1.00. The quantitative estimate of drug-likeness (QED) is 0.811. The lowest BCUT2D eigenvalue weighted by atomic mass is 9.93. The summed E-state index contributed by atoms with van der Waals surface area (Å²) in [6.07, 6.45) is 0.381. The van der Waals surface area contributed by atoms with Gasteiger partial charge in [-0.15, -0.1) is 0 Å². The Bertz CT molecular complexity index is 339. The van der Waals surface area contributed by atoms with E-state index in [0.717, 1.165) is 0 Å². The summed E-state index contributed by atoms with van der Waals surface area (Å²) < 4.78 is 31.6. The van der Waals surface area contributed by atoms with Gasteiger partial charge >= 0.3 is 0 Å². The van der Waals surface area contributed by atoms with Gasteiger partial charge in [-0.1, -0.05) is 6.07 Å². The van der Waals surface area contributed by atoms with Crippen LogP contribution in [-0.4, -0.2) is 23.9 Å². The molecule has 2 nitrogen and oxygen atoms in total. The zero-order valence-electron chi connectivity index (χ0n) is 8.17. The van der Waals surface area contributed by atoms with Gasteiger partial charge in [0.15, 0.2) is 0 Å². The van der Waals surface area contributed by atoms with Crippen LogP contribution in [0.4, 0.5) is 8.78 Å². The van der Waals surface area contributed by atoms with E-state index in [0.29, 0.717) is 13.0 Å². The molecular formula is C11H12F2O2. The van der Waals surface area contributed by atoms with Gasteiger partial charge in [0, 0.05) is 25.0 Å². The fraction of sp³-hybridized carbons (Fsp3) is 0.455. The van der Waals surface area contributed by atoms with E-state index in [4.69, 9.17) is 4.74 Å². The molecular weight excluding hydrogens is 202 g/mol. The van der Waals surface area contributed by atoms with Crippen molar-refractivity contribution >= 4 is 0 Å². The molecule has 2 rings (SSSR count). The molecule has 1 aromatic carbocycles. The third-order valence-electron chi connectivity index (χ3n) is 2.65. The number of rotatable bonds is 2. The molecule has 1 heterocycles. The van der Waals surface area contributed by atoms with Crippen molar-refractivity contribution in [2.75, 3.05) is 13.2 Å². The Kier molecular flexibility index (Phi) is 2.71. The highest BCUT2D eigenvalue weighted by atomic mass is 19.1. The Balaban J connectivity index is 2.23. The van der Waals surface area contributed by atoms with Crippen LogP contribution < -0.4 is 0 Å². The van der Waals surface area contributed by atoms with Crippen LogP contribution in [0.15, 0.2) is 18.2 Å². The predicted octanol–water partition coefficient (Wildman–Crippen LogP) is 1.66. The summed E-state index contributed by atoms with van der Waals surface area (Å²) in [5, 5.41) is 9.94. The number of hydrogen-bond acceptors (Lipinski definition) is 2. The second-order valence-electron chi connectivity index (χ2n) is 3.90. The summed E-state index contributed by atoms with van der Waals surface area (Å²) in [4.78, 5) is 0. The maximum atomic E-state index is 13.3. The van der Waals surface area contributed by atoms with Gasteiger partial charge in [0.05, 0.1) is 12.2 Å². The summed E-state index contributed by atoms with van der Waals surface area (Å²) in [6, 6.07) is 3.69. The Morgan fingerprint density at radius 3 is 2.53 bits per heavy atom.